The minimum absolute atomic E-state index is 0.0907. The van der Waals surface area contributed by atoms with Gasteiger partial charge in [0.25, 0.3) is 11.5 Å². The molecule has 0 bridgehead atoms. The Balaban J connectivity index is 1.66. The first-order valence-corrected chi connectivity index (χ1v) is 7.39. The Morgan fingerprint density at radius 3 is 2.82 bits per heavy atom. The first-order chi connectivity index (χ1) is 10.6. The molecule has 0 saturated heterocycles. The summed E-state index contributed by atoms with van der Waals surface area (Å²) in [4.78, 5) is 37.0. The molecule has 1 aliphatic carbocycles. The molecule has 0 radical (unpaired) electrons. The number of pyridine rings is 1. The van der Waals surface area contributed by atoms with Crippen LogP contribution < -0.4 is 5.56 Å². The maximum Gasteiger partial charge on any atom is 0.263 e. The van der Waals surface area contributed by atoms with Crippen LogP contribution in [0, 0.1) is 0 Å². The van der Waals surface area contributed by atoms with Crippen LogP contribution in [0.3, 0.4) is 0 Å². The fourth-order valence-corrected chi connectivity index (χ4v) is 2.26. The van der Waals surface area contributed by atoms with Gasteiger partial charge in [-0.1, -0.05) is 6.07 Å². The van der Waals surface area contributed by atoms with Crippen LogP contribution in [0.2, 0.25) is 0 Å². The van der Waals surface area contributed by atoms with Gasteiger partial charge in [0.15, 0.2) is 0 Å². The van der Waals surface area contributed by atoms with Crippen LogP contribution >= 0.6 is 0 Å². The molecular formula is C16H18N4O2. The number of likely N-dealkylation sites (N-methyl/N-ethyl adjacent to an activating group) is 1. The molecule has 6 heteroatoms. The van der Waals surface area contributed by atoms with E-state index in [2.05, 4.69) is 15.0 Å². The quantitative estimate of drug-likeness (QED) is 0.904. The Morgan fingerprint density at radius 2 is 2.18 bits per heavy atom. The number of hydrogen-bond acceptors (Lipinski definition) is 4. The number of aromatic amines is 1. The van der Waals surface area contributed by atoms with Crippen molar-refractivity contribution < 1.29 is 4.79 Å². The maximum atomic E-state index is 12.3. The van der Waals surface area contributed by atoms with Crippen LogP contribution in [0.5, 0.6) is 0 Å². The van der Waals surface area contributed by atoms with Gasteiger partial charge in [-0.3, -0.25) is 14.6 Å². The lowest BCUT2D eigenvalue weighted by molar-refractivity contribution is 0.0794. The Bertz CT molecular complexity index is 722. The van der Waals surface area contributed by atoms with E-state index in [4.69, 9.17) is 0 Å². The summed E-state index contributed by atoms with van der Waals surface area (Å²) in [6.07, 6.45) is 5.88. The first kappa shape index (κ1) is 14.4. The molecular weight excluding hydrogens is 280 g/mol. The smallest absolute Gasteiger partial charge is 0.263 e. The largest absolute Gasteiger partial charge is 0.341 e. The van der Waals surface area contributed by atoms with Gasteiger partial charge in [0.05, 0.1) is 0 Å². The molecule has 1 N–H and O–H groups in total. The van der Waals surface area contributed by atoms with Crippen molar-refractivity contribution in [3.05, 3.63) is 58.0 Å². The van der Waals surface area contributed by atoms with E-state index in [0.717, 1.165) is 18.5 Å². The summed E-state index contributed by atoms with van der Waals surface area (Å²) in [5.74, 6) is 0.739. The summed E-state index contributed by atoms with van der Waals surface area (Å²) in [6.45, 7) is 0.500. The zero-order valence-electron chi connectivity index (χ0n) is 12.5. The van der Waals surface area contributed by atoms with E-state index in [1.165, 1.54) is 11.1 Å². The number of amides is 1. The first-order valence-electron chi connectivity index (χ1n) is 7.39. The van der Waals surface area contributed by atoms with Gasteiger partial charge in [-0.25, -0.2) is 4.98 Å². The predicted molar refractivity (Wildman–Crippen MR) is 81.7 cm³/mol. The van der Waals surface area contributed by atoms with Crippen LogP contribution in [-0.2, 0) is 6.42 Å². The third-order valence-electron chi connectivity index (χ3n) is 3.79. The average Bonchev–Trinajstić information content (AvgIpc) is 3.38. The second-order valence-electron chi connectivity index (χ2n) is 5.58. The third kappa shape index (κ3) is 3.21. The van der Waals surface area contributed by atoms with E-state index in [9.17, 15) is 9.59 Å². The minimum atomic E-state index is -0.355. The number of nitrogens with one attached hydrogen (secondary N) is 1. The fourth-order valence-electron chi connectivity index (χ4n) is 2.26. The Hall–Kier alpha value is -2.50. The van der Waals surface area contributed by atoms with Crippen LogP contribution in [0.1, 0.15) is 40.6 Å². The summed E-state index contributed by atoms with van der Waals surface area (Å²) in [7, 11) is 1.68. The van der Waals surface area contributed by atoms with Crippen LogP contribution in [0.15, 0.2) is 35.4 Å². The van der Waals surface area contributed by atoms with Crippen molar-refractivity contribution in [1.29, 1.82) is 0 Å². The molecule has 3 rings (SSSR count). The van der Waals surface area contributed by atoms with E-state index in [1.54, 1.807) is 13.2 Å². The molecule has 0 aliphatic heterocycles. The van der Waals surface area contributed by atoms with Crippen molar-refractivity contribution in [3.63, 3.8) is 0 Å². The summed E-state index contributed by atoms with van der Waals surface area (Å²) in [6, 6.07) is 5.68. The highest BCUT2D eigenvalue weighted by Gasteiger charge is 2.27. The average molecular weight is 298 g/mol. The molecule has 1 fully saturated rings. The highest BCUT2D eigenvalue weighted by atomic mass is 16.2. The van der Waals surface area contributed by atoms with Gasteiger partial charge in [0.1, 0.15) is 11.4 Å². The van der Waals surface area contributed by atoms with Gasteiger partial charge >= 0.3 is 0 Å². The van der Waals surface area contributed by atoms with E-state index in [0.29, 0.717) is 24.7 Å². The summed E-state index contributed by atoms with van der Waals surface area (Å²) in [5, 5.41) is 0. The van der Waals surface area contributed by atoms with Crippen LogP contribution in [-0.4, -0.2) is 39.4 Å². The van der Waals surface area contributed by atoms with Crippen molar-refractivity contribution in [2.45, 2.75) is 25.2 Å². The molecule has 0 spiro atoms. The number of carbonyl (C=O) groups is 1. The number of hydrogen-bond donors (Lipinski definition) is 1. The zero-order chi connectivity index (χ0) is 15.5. The molecule has 22 heavy (non-hydrogen) atoms. The lowest BCUT2D eigenvalue weighted by Gasteiger charge is -2.16. The zero-order valence-corrected chi connectivity index (χ0v) is 12.5. The monoisotopic (exact) mass is 298 g/mol. The Morgan fingerprint density at radius 1 is 1.36 bits per heavy atom. The van der Waals surface area contributed by atoms with E-state index in [-0.39, 0.29) is 17.0 Å². The lowest BCUT2D eigenvalue weighted by Crippen LogP contribution is -2.33. The predicted octanol–water partition coefficient (Wildman–Crippen LogP) is 1.36. The van der Waals surface area contributed by atoms with Crippen molar-refractivity contribution >= 4 is 5.91 Å². The summed E-state index contributed by atoms with van der Waals surface area (Å²) >= 11 is 0. The van der Waals surface area contributed by atoms with Crippen molar-refractivity contribution in [2.75, 3.05) is 13.6 Å². The summed E-state index contributed by atoms with van der Waals surface area (Å²) < 4.78 is 0. The molecule has 114 valence electrons. The molecule has 0 aromatic carbocycles. The normalized spacial score (nSPS) is 13.9. The number of rotatable bonds is 5. The van der Waals surface area contributed by atoms with Crippen molar-refractivity contribution in [1.82, 2.24) is 19.9 Å². The SMILES string of the molecule is CN(CCc1ccccn1)C(=O)c1cnc(C2CC2)[nH]c1=O. The number of carbonyl (C=O) groups excluding carboxylic acids is 1. The molecule has 2 aromatic heterocycles. The fraction of sp³-hybridized carbons (Fsp3) is 0.375. The molecule has 1 saturated carbocycles. The second kappa shape index (κ2) is 6.09. The maximum absolute atomic E-state index is 12.3. The highest BCUT2D eigenvalue weighted by molar-refractivity contribution is 5.93. The molecule has 2 heterocycles. The van der Waals surface area contributed by atoms with E-state index >= 15 is 0 Å². The van der Waals surface area contributed by atoms with Crippen molar-refractivity contribution in [2.24, 2.45) is 0 Å². The minimum Gasteiger partial charge on any atom is -0.341 e. The van der Waals surface area contributed by atoms with Crippen LogP contribution in [0.4, 0.5) is 0 Å². The lowest BCUT2D eigenvalue weighted by atomic mass is 10.2. The topological polar surface area (TPSA) is 79.0 Å². The van der Waals surface area contributed by atoms with Gasteiger partial charge in [-0.15, -0.1) is 0 Å². The summed E-state index contributed by atoms with van der Waals surface area (Å²) in [5.41, 5.74) is 0.651. The molecule has 0 atom stereocenters. The molecule has 1 amide bonds. The van der Waals surface area contributed by atoms with Gasteiger partial charge in [-0.05, 0) is 25.0 Å². The van der Waals surface area contributed by atoms with Crippen LogP contribution in [0.25, 0.3) is 0 Å². The van der Waals surface area contributed by atoms with E-state index < -0.39 is 0 Å². The highest BCUT2D eigenvalue weighted by Crippen LogP contribution is 2.37. The van der Waals surface area contributed by atoms with Gasteiger partial charge in [0.2, 0.25) is 0 Å². The third-order valence-corrected chi connectivity index (χ3v) is 3.79. The molecule has 0 unspecified atom stereocenters. The number of nitrogens with zero attached hydrogens (tertiary/aromatic N) is 3. The van der Waals surface area contributed by atoms with Gasteiger partial charge in [-0.2, -0.15) is 0 Å². The molecule has 2 aromatic rings. The van der Waals surface area contributed by atoms with Gasteiger partial charge < -0.3 is 9.88 Å². The Kier molecular flexibility index (Phi) is 4.00. The number of aromatic nitrogens is 3. The standard InChI is InChI=1S/C16H18N4O2/c1-20(9-7-12-4-2-3-8-17-12)16(22)13-10-18-14(11-5-6-11)19-15(13)21/h2-4,8,10-11H,5-7,9H2,1H3,(H,18,19,21). The van der Waals surface area contributed by atoms with E-state index in [1.807, 2.05) is 18.2 Å². The molecule has 6 nitrogen and oxygen atoms in total. The Labute approximate surface area is 128 Å². The van der Waals surface area contributed by atoms with Gasteiger partial charge in [0, 0.05) is 44.0 Å². The second-order valence-corrected chi connectivity index (χ2v) is 5.58. The van der Waals surface area contributed by atoms with Crippen molar-refractivity contribution in [3.8, 4) is 0 Å². The molecule has 1 aliphatic rings. The number of H-pyrrole nitrogens is 1.